The molecule has 0 radical (unpaired) electrons. The maximum atomic E-state index is 13.4. The van der Waals surface area contributed by atoms with E-state index in [4.69, 9.17) is 18.6 Å². The molecule has 8 nitrogen and oxygen atoms in total. The van der Waals surface area contributed by atoms with E-state index in [0.717, 1.165) is 0 Å². The number of allylic oxidation sites excluding steroid dienone is 1. The van der Waals surface area contributed by atoms with Crippen LogP contribution in [0.1, 0.15) is 31.2 Å². The largest absolute Gasteiger partial charge is 0.493 e. The molecule has 1 atom stereocenters. The van der Waals surface area contributed by atoms with Crippen molar-refractivity contribution in [3.63, 3.8) is 0 Å². The van der Waals surface area contributed by atoms with Crippen LogP contribution in [-0.2, 0) is 9.53 Å². The quantitative estimate of drug-likeness (QED) is 0.531. The molecule has 0 saturated carbocycles. The Hall–Kier alpha value is -3.59. The van der Waals surface area contributed by atoms with E-state index < -0.39 is 12.0 Å². The van der Waals surface area contributed by atoms with E-state index >= 15 is 0 Å². The number of ether oxygens (including phenoxy) is 3. The summed E-state index contributed by atoms with van der Waals surface area (Å²) in [7, 11) is 3.08. The van der Waals surface area contributed by atoms with Gasteiger partial charge in [0.1, 0.15) is 5.76 Å². The summed E-state index contributed by atoms with van der Waals surface area (Å²) in [5.41, 5.74) is 1.19. The molecule has 0 N–H and O–H groups in total. The van der Waals surface area contributed by atoms with Crippen molar-refractivity contribution in [3.8, 4) is 11.5 Å². The second-order valence-electron chi connectivity index (χ2n) is 6.93. The highest BCUT2D eigenvalue weighted by Gasteiger charge is 2.33. The Morgan fingerprint density at radius 1 is 1.25 bits per heavy atom. The Balaban J connectivity index is 1.98. The third kappa shape index (κ3) is 3.75. The lowest BCUT2D eigenvalue weighted by Gasteiger charge is -2.25. The number of benzene rings is 1. The van der Waals surface area contributed by atoms with Crippen molar-refractivity contribution in [2.24, 2.45) is 4.99 Å². The smallest absolute Gasteiger partial charge is 0.338 e. The van der Waals surface area contributed by atoms with Crippen LogP contribution in [0.2, 0.25) is 0 Å². The van der Waals surface area contributed by atoms with Gasteiger partial charge in [0, 0.05) is 6.08 Å². The number of carbonyl (C=O) groups is 1. The van der Waals surface area contributed by atoms with Crippen molar-refractivity contribution in [1.29, 1.82) is 0 Å². The van der Waals surface area contributed by atoms with Crippen molar-refractivity contribution in [3.05, 3.63) is 78.9 Å². The first-order chi connectivity index (χ1) is 15.5. The fourth-order valence-electron chi connectivity index (χ4n) is 3.63. The molecule has 1 aliphatic heterocycles. The van der Waals surface area contributed by atoms with Gasteiger partial charge in [-0.1, -0.05) is 17.4 Å². The van der Waals surface area contributed by atoms with Gasteiger partial charge in [0.2, 0.25) is 0 Å². The summed E-state index contributed by atoms with van der Waals surface area (Å²) in [6.07, 6.45) is 3.21. The van der Waals surface area contributed by atoms with E-state index in [9.17, 15) is 9.59 Å². The summed E-state index contributed by atoms with van der Waals surface area (Å²) in [4.78, 5) is 31.4. The molecule has 0 amide bonds. The van der Waals surface area contributed by atoms with Crippen molar-refractivity contribution in [1.82, 2.24) is 4.57 Å². The van der Waals surface area contributed by atoms with Gasteiger partial charge in [0.15, 0.2) is 16.3 Å². The number of esters is 1. The van der Waals surface area contributed by atoms with E-state index in [1.54, 1.807) is 63.6 Å². The number of rotatable bonds is 6. The van der Waals surface area contributed by atoms with Crippen LogP contribution in [0, 0.1) is 0 Å². The first kappa shape index (κ1) is 21.6. The summed E-state index contributed by atoms with van der Waals surface area (Å²) in [5, 5.41) is 0. The van der Waals surface area contributed by atoms with Crippen molar-refractivity contribution in [2.75, 3.05) is 20.8 Å². The molecular formula is C23H22N2O6S. The number of fused-ring (bicyclic) bond motifs is 1. The Morgan fingerprint density at radius 2 is 2.03 bits per heavy atom. The highest BCUT2D eigenvalue weighted by Crippen LogP contribution is 2.36. The molecule has 3 aromatic rings. The van der Waals surface area contributed by atoms with Crippen molar-refractivity contribution < 1.29 is 23.4 Å². The van der Waals surface area contributed by atoms with Gasteiger partial charge < -0.3 is 18.6 Å². The van der Waals surface area contributed by atoms with Gasteiger partial charge >= 0.3 is 5.97 Å². The zero-order valence-corrected chi connectivity index (χ0v) is 18.9. The van der Waals surface area contributed by atoms with Gasteiger partial charge in [-0.2, -0.15) is 0 Å². The Morgan fingerprint density at radius 3 is 2.69 bits per heavy atom. The molecule has 2 aromatic heterocycles. The number of methoxy groups -OCH3 is 2. The molecule has 4 rings (SSSR count). The molecule has 3 heterocycles. The number of carbonyl (C=O) groups excluding carboxylic acids is 1. The normalized spacial score (nSPS) is 15.9. The lowest BCUT2D eigenvalue weighted by Crippen LogP contribution is -2.39. The zero-order chi connectivity index (χ0) is 22.8. The molecule has 0 bridgehead atoms. The molecule has 0 fully saturated rings. The summed E-state index contributed by atoms with van der Waals surface area (Å²) in [6, 6.07) is 8.07. The summed E-state index contributed by atoms with van der Waals surface area (Å²) in [6.45, 7) is 3.68. The lowest BCUT2D eigenvalue weighted by molar-refractivity contribution is -0.139. The van der Waals surface area contributed by atoms with E-state index in [1.807, 2.05) is 0 Å². The molecule has 32 heavy (non-hydrogen) atoms. The fraction of sp³-hybridized carbons (Fsp3) is 0.261. The molecule has 1 aromatic carbocycles. The van der Waals surface area contributed by atoms with Crippen LogP contribution < -0.4 is 24.4 Å². The number of hydrogen-bond donors (Lipinski definition) is 0. The first-order valence-corrected chi connectivity index (χ1v) is 10.7. The minimum atomic E-state index is -0.733. The zero-order valence-electron chi connectivity index (χ0n) is 18.1. The minimum Gasteiger partial charge on any atom is -0.493 e. The third-order valence-corrected chi connectivity index (χ3v) is 6.04. The van der Waals surface area contributed by atoms with Crippen LogP contribution in [0.5, 0.6) is 11.5 Å². The number of hydrogen-bond acceptors (Lipinski definition) is 8. The molecule has 0 spiro atoms. The summed E-state index contributed by atoms with van der Waals surface area (Å²) >= 11 is 1.23. The average molecular weight is 455 g/mol. The van der Waals surface area contributed by atoms with Crippen LogP contribution in [0.25, 0.3) is 6.08 Å². The Labute approximate surface area is 187 Å². The predicted molar refractivity (Wildman–Crippen MR) is 119 cm³/mol. The molecular weight excluding hydrogens is 432 g/mol. The third-order valence-electron chi connectivity index (χ3n) is 5.06. The molecule has 166 valence electrons. The number of thiazole rings is 1. The topological polar surface area (TPSA) is 92.3 Å². The molecule has 9 heteroatoms. The Kier molecular flexibility index (Phi) is 6.00. The first-order valence-electron chi connectivity index (χ1n) is 9.93. The predicted octanol–water partition coefficient (Wildman–Crippen LogP) is 2.41. The van der Waals surface area contributed by atoms with E-state index in [1.165, 1.54) is 23.0 Å². The summed E-state index contributed by atoms with van der Waals surface area (Å²) < 4.78 is 23.4. The van der Waals surface area contributed by atoms with Crippen LogP contribution in [0.3, 0.4) is 0 Å². The molecule has 0 saturated heterocycles. The van der Waals surface area contributed by atoms with Crippen molar-refractivity contribution in [2.45, 2.75) is 19.9 Å². The molecule has 1 aliphatic rings. The number of nitrogens with zero attached hydrogens (tertiary/aromatic N) is 2. The maximum absolute atomic E-state index is 13.4. The Bertz CT molecular complexity index is 1360. The minimum absolute atomic E-state index is 0.206. The number of furan rings is 1. The van der Waals surface area contributed by atoms with E-state index in [2.05, 4.69) is 4.99 Å². The summed E-state index contributed by atoms with van der Waals surface area (Å²) in [5.74, 6) is 1.06. The lowest BCUT2D eigenvalue weighted by atomic mass is 9.95. The highest BCUT2D eigenvalue weighted by atomic mass is 32.1. The van der Waals surface area contributed by atoms with Gasteiger partial charge in [-0.25, -0.2) is 9.79 Å². The van der Waals surface area contributed by atoms with Crippen LogP contribution in [0.4, 0.5) is 0 Å². The van der Waals surface area contributed by atoms with Gasteiger partial charge in [-0.3, -0.25) is 9.36 Å². The van der Waals surface area contributed by atoms with Gasteiger partial charge in [-0.15, -0.1) is 0 Å². The van der Waals surface area contributed by atoms with Crippen LogP contribution in [0.15, 0.2) is 62.1 Å². The van der Waals surface area contributed by atoms with Gasteiger partial charge in [-0.05, 0) is 43.7 Å². The standard InChI is InChI=1S/C23H22N2O6S/c1-5-30-22(27)19-13(2)24-23-25(21(26)18(32-23)12-15-7-6-10-31-15)20(19)14-8-9-16(28-3)17(11-14)29-4/h6-12,20H,5H2,1-4H3/b18-12-/t20-/m1/s1. The molecule has 0 unspecified atom stereocenters. The highest BCUT2D eigenvalue weighted by molar-refractivity contribution is 7.07. The number of aromatic nitrogens is 1. The average Bonchev–Trinajstić information content (AvgIpc) is 3.40. The van der Waals surface area contributed by atoms with E-state index in [-0.39, 0.29) is 12.2 Å². The fourth-order valence-corrected chi connectivity index (χ4v) is 4.66. The second kappa shape index (κ2) is 8.88. The second-order valence-corrected chi connectivity index (χ2v) is 7.94. The monoisotopic (exact) mass is 454 g/mol. The molecule has 0 aliphatic carbocycles. The van der Waals surface area contributed by atoms with Crippen LogP contribution >= 0.6 is 11.3 Å². The van der Waals surface area contributed by atoms with Gasteiger partial charge in [0.05, 0.1) is 48.9 Å². The van der Waals surface area contributed by atoms with E-state index in [0.29, 0.717) is 43.4 Å². The van der Waals surface area contributed by atoms with Crippen molar-refractivity contribution >= 4 is 23.4 Å². The van der Waals surface area contributed by atoms with Gasteiger partial charge in [0.25, 0.3) is 5.56 Å². The van der Waals surface area contributed by atoms with Crippen LogP contribution in [-0.4, -0.2) is 31.4 Å². The SMILES string of the molecule is CCOC(=O)C1=C(C)N=c2s/c(=C\c3ccco3)c(=O)n2[C@@H]1c1ccc(OC)c(OC)c1. The maximum Gasteiger partial charge on any atom is 0.338 e.